The van der Waals surface area contributed by atoms with Crippen LogP contribution in [-0.2, 0) is 17.1 Å². The van der Waals surface area contributed by atoms with Crippen LogP contribution < -0.4 is 5.32 Å². The molecule has 0 unspecified atom stereocenters. The zero-order chi connectivity index (χ0) is 20.4. The summed E-state index contributed by atoms with van der Waals surface area (Å²) in [4.78, 5) is 17.5. The number of hydrogen-bond acceptors (Lipinski definition) is 4. The standard InChI is InChI=1S/C21H20FN5OS/c1-14-11-19(27(25-14)16-9-7-15(22)8-10-16)24-21(28)12-26-18-6-4-3-5-17(18)23-20(26)13-29-2/h3-11H,12-13H2,1-2H3,(H,24,28). The molecule has 0 aliphatic carbocycles. The van der Waals surface area contributed by atoms with E-state index in [9.17, 15) is 9.18 Å². The first-order chi connectivity index (χ1) is 14.0. The molecule has 0 radical (unpaired) electrons. The normalized spacial score (nSPS) is 11.1. The van der Waals surface area contributed by atoms with Crippen molar-refractivity contribution in [2.24, 2.45) is 0 Å². The molecule has 0 spiro atoms. The average molecular weight is 409 g/mol. The highest BCUT2D eigenvalue weighted by molar-refractivity contribution is 7.97. The third-order valence-electron chi connectivity index (χ3n) is 4.48. The van der Waals surface area contributed by atoms with Crippen LogP contribution in [-0.4, -0.2) is 31.5 Å². The highest BCUT2D eigenvalue weighted by Gasteiger charge is 2.16. The van der Waals surface area contributed by atoms with Crippen molar-refractivity contribution in [2.45, 2.75) is 19.2 Å². The molecule has 0 aliphatic rings. The molecular formula is C21H20FN5OS. The van der Waals surface area contributed by atoms with Gasteiger partial charge >= 0.3 is 0 Å². The lowest BCUT2D eigenvalue weighted by Gasteiger charge is -2.11. The number of rotatable bonds is 6. The van der Waals surface area contributed by atoms with Crippen LogP contribution in [0.2, 0.25) is 0 Å². The predicted molar refractivity (Wildman–Crippen MR) is 114 cm³/mol. The molecule has 0 aliphatic heterocycles. The molecule has 148 valence electrons. The van der Waals surface area contributed by atoms with Gasteiger partial charge < -0.3 is 9.88 Å². The molecule has 0 bridgehead atoms. The minimum Gasteiger partial charge on any atom is -0.318 e. The van der Waals surface area contributed by atoms with E-state index in [1.165, 1.54) is 12.1 Å². The molecule has 2 heterocycles. The molecular weight excluding hydrogens is 389 g/mol. The van der Waals surface area contributed by atoms with Crippen LogP contribution in [0.25, 0.3) is 16.7 Å². The fourth-order valence-corrected chi connectivity index (χ4v) is 3.71. The quantitative estimate of drug-likeness (QED) is 0.519. The Kier molecular flexibility index (Phi) is 5.35. The summed E-state index contributed by atoms with van der Waals surface area (Å²) in [6.45, 7) is 1.99. The summed E-state index contributed by atoms with van der Waals surface area (Å²) in [5.41, 5.74) is 3.22. The predicted octanol–water partition coefficient (Wildman–Crippen LogP) is 4.17. The number of nitrogens with zero attached hydrogens (tertiary/aromatic N) is 4. The van der Waals surface area contributed by atoms with Crippen LogP contribution in [0.1, 0.15) is 11.5 Å². The molecule has 6 nitrogen and oxygen atoms in total. The summed E-state index contributed by atoms with van der Waals surface area (Å²) in [7, 11) is 0. The summed E-state index contributed by atoms with van der Waals surface area (Å²) >= 11 is 1.66. The molecule has 0 fully saturated rings. The van der Waals surface area contributed by atoms with Crippen LogP contribution >= 0.6 is 11.8 Å². The monoisotopic (exact) mass is 409 g/mol. The number of para-hydroxylation sites is 2. The molecule has 2 aromatic heterocycles. The second-order valence-corrected chi connectivity index (χ2v) is 7.51. The largest absolute Gasteiger partial charge is 0.318 e. The molecule has 0 atom stereocenters. The number of benzene rings is 2. The SMILES string of the molecule is CSCc1nc2ccccc2n1CC(=O)Nc1cc(C)nn1-c1ccc(F)cc1. The Morgan fingerprint density at radius 3 is 2.69 bits per heavy atom. The van der Waals surface area contributed by atoms with Crippen molar-refractivity contribution in [1.29, 1.82) is 0 Å². The molecule has 4 rings (SSSR count). The van der Waals surface area contributed by atoms with Gasteiger partial charge in [0, 0.05) is 6.07 Å². The van der Waals surface area contributed by atoms with Gasteiger partial charge in [-0.2, -0.15) is 16.9 Å². The molecule has 1 amide bonds. The van der Waals surface area contributed by atoms with Crippen molar-refractivity contribution in [2.75, 3.05) is 11.6 Å². The first-order valence-electron chi connectivity index (χ1n) is 9.10. The minimum absolute atomic E-state index is 0.143. The summed E-state index contributed by atoms with van der Waals surface area (Å²) in [6.07, 6.45) is 2.01. The van der Waals surface area contributed by atoms with E-state index >= 15 is 0 Å². The van der Waals surface area contributed by atoms with E-state index < -0.39 is 0 Å². The van der Waals surface area contributed by atoms with E-state index in [-0.39, 0.29) is 18.3 Å². The maximum Gasteiger partial charge on any atom is 0.245 e. The number of amides is 1. The summed E-state index contributed by atoms with van der Waals surface area (Å²) in [5, 5.41) is 7.34. The average Bonchev–Trinajstić information content (AvgIpc) is 3.23. The molecule has 1 N–H and O–H groups in total. The van der Waals surface area contributed by atoms with E-state index in [4.69, 9.17) is 0 Å². The number of nitrogens with one attached hydrogen (secondary N) is 1. The van der Waals surface area contributed by atoms with E-state index in [2.05, 4.69) is 15.4 Å². The van der Waals surface area contributed by atoms with Gasteiger partial charge in [-0.1, -0.05) is 12.1 Å². The van der Waals surface area contributed by atoms with E-state index in [0.29, 0.717) is 17.3 Å². The number of halogens is 1. The molecule has 0 saturated heterocycles. The van der Waals surface area contributed by atoms with Gasteiger partial charge in [0.2, 0.25) is 5.91 Å². The third-order valence-corrected chi connectivity index (χ3v) is 5.03. The van der Waals surface area contributed by atoms with Gasteiger partial charge in [0.15, 0.2) is 0 Å². The van der Waals surface area contributed by atoms with Crippen LogP contribution in [0, 0.1) is 12.7 Å². The fraction of sp³-hybridized carbons (Fsp3) is 0.190. The molecule has 4 aromatic rings. The Hall–Kier alpha value is -3.13. The Morgan fingerprint density at radius 2 is 1.93 bits per heavy atom. The van der Waals surface area contributed by atoms with E-state index in [1.807, 2.05) is 42.0 Å². The van der Waals surface area contributed by atoms with Crippen LogP contribution in [0.3, 0.4) is 0 Å². The van der Waals surface area contributed by atoms with E-state index in [1.54, 1.807) is 34.6 Å². The van der Waals surface area contributed by atoms with E-state index in [0.717, 1.165) is 22.6 Å². The number of anilines is 1. The van der Waals surface area contributed by atoms with Crippen molar-refractivity contribution >= 4 is 34.5 Å². The van der Waals surface area contributed by atoms with Crippen LogP contribution in [0.15, 0.2) is 54.6 Å². The number of carbonyl (C=O) groups is 1. The highest BCUT2D eigenvalue weighted by atomic mass is 32.2. The van der Waals surface area contributed by atoms with Crippen LogP contribution in [0.5, 0.6) is 0 Å². The van der Waals surface area contributed by atoms with Crippen molar-refractivity contribution < 1.29 is 9.18 Å². The Bertz CT molecular complexity index is 1170. The van der Waals surface area contributed by atoms with Gasteiger partial charge in [-0.15, -0.1) is 0 Å². The number of imidazole rings is 1. The zero-order valence-corrected chi connectivity index (χ0v) is 16.9. The van der Waals surface area contributed by atoms with Gasteiger partial charge in [0.05, 0.1) is 28.2 Å². The van der Waals surface area contributed by atoms with Crippen LogP contribution in [0.4, 0.5) is 10.2 Å². The first-order valence-corrected chi connectivity index (χ1v) is 10.5. The van der Waals surface area contributed by atoms with Crippen molar-refractivity contribution in [3.05, 3.63) is 71.9 Å². The second kappa shape index (κ2) is 8.08. The van der Waals surface area contributed by atoms with Gasteiger partial charge in [-0.05, 0) is 49.6 Å². The lowest BCUT2D eigenvalue weighted by Crippen LogP contribution is -2.21. The summed E-state index contributed by atoms with van der Waals surface area (Å²) in [6, 6.07) is 15.5. The smallest absolute Gasteiger partial charge is 0.245 e. The summed E-state index contributed by atoms with van der Waals surface area (Å²) < 4.78 is 16.8. The third kappa shape index (κ3) is 4.02. The Labute approximate surface area is 171 Å². The number of aromatic nitrogens is 4. The fourth-order valence-electron chi connectivity index (χ4n) is 3.23. The molecule has 29 heavy (non-hydrogen) atoms. The Balaban J connectivity index is 1.61. The first kappa shape index (κ1) is 19.2. The highest BCUT2D eigenvalue weighted by Crippen LogP contribution is 2.21. The molecule has 2 aromatic carbocycles. The van der Waals surface area contributed by atoms with Gasteiger partial charge in [-0.3, -0.25) is 4.79 Å². The Morgan fingerprint density at radius 1 is 1.17 bits per heavy atom. The van der Waals surface area contributed by atoms with Crippen molar-refractivity contribution in [1.82, 2.24) is 19.3 Å². The maximum atomic E-state index is 13.2. The maximum absolute atomic E-state index is 13.2. The van der Waals surface area contributed by atoms with Crippen molar-refractivity contribution in [3.8, 4) is 5.69 Å². The molecule has 8 heteroatoms. The van der Waals surface area contributed by atoms with Gasteiger partial charge in [0.25, 0.3) is 0 Å². The lowest BCUT2D eigenvalue weighted by atomic mass is 10.3. The lowest BCUT2D eigenvalue weighted by molar-refractivity contribution is -0.116. The zero-order valence-electron chi connectivity index (χ0n) is 16.1. The van der Waals surface area contributed by atoms with Gasteiger partial charge in [0.1, 0.15) is 24.0 Å². The number of hydrogen-bond donors (Lipinski definition) is 1. The number of carbonyl (C=O) groups excluding carboxylic acids is 1. The van der Waals surface area contributed by atoms with Crippen molar-refractivity contribution in [3.63, 3.8) is 0 Å². The molecule has 0 saturated carbocycles. The second-order valence-electron chi connectivity index (χ2n) is 6.64. The minimum atomic E-state index is -0.323. The topological polar surface area (TPSA) is 64.7 Å². The number of fused-ring (bicyclic) bond motifs is 1. The number of thioether (sulfide) groups is 1. The summed E-state index contributed by atoms with van der Waals surface area (Å²) in [5.74, 6) is 1.61. The van der Waals surface area contributed by atoms with Gasteiger partial charge in [-0.25, -0.2) is 14.1 Å². The number of aryl methyl sites for hydroxylation is 1.